The van der Waals surface area contributed by atoms with Gasteiger partial charge in [0.15, 0.2) is 0 Å². The van der Waals surface area contributed by atoms with Crippen LogP contribution < -0.4 is 4.90 Å². The average molecular weight is 630 g/mol. The molecule has 0 N–H and O–H groups in total. The first kappa shape index (κ1) is 28.7. The molecule has 2 aromatic heterocycles. The summed E-state index contributed by atoms with van der Waals surface area (Å²) < 4.78 is 6.95. The van der Waals surface area contributed by atoms with Crippen LogP contribution in [-0.4, -0.2) is 16.5 Å². The molecule has 3 heterocycles. The van der Waals surface area contributed by atoms with E-state index in [1.807, 2.05) is 48.6 Å². The summed E-state index contributed by atoms with van der Waals surface area (Å²) in [5.74, 6) is 0.618. The fraction of sp³-hybridized carbons (Fsp3) is 0.0222. The summed E-state index contributed by atoms with van der Waals surface area (Å²) >= 11 is 0. The highest BCUT2D eigenvalue weighted by molar-refractivity contribution is 6.14. The largest absolute Gasteiger partial charge is 0.455 e. The van der Waals surface area contributed by atoms with Crippen LogP contribution in [0, 0.1) is 0 Å². The van der Waals surface area contributed by atoms with Gasteiger partial charge < -0.3 is 9.32 Å². The molecule has 4 nitrogen and oxygen atoms in total. The van der Waals surface area contributed by atoms with Crippen molar-refractivity contribution in [2.45, 2.75) is 0 Å². The zero-order chi connectivity index (χ0) is 32.7. The van der Waals surface area contributed by atoms with Crippen LogP contribution in [0.25, 0.3) is 71.9 Å². The van der Waals surface area contributed by atoms with E-state index in [4.69, 9.17) is 14.4 Å². The number of fused-ring (bicyclic) bond motifs is 6. The van der Waals surface area contributed by atoms with Crippen LogP contribution in [0.4, 0.5) is 11.6 Å². The molecule has 0 atom stereocenters. The zero-order valence-electron chi connectivity index (χ0n) is 26.8. The Balaban J connectivity index is 1.25. The Hall–Kier alpha value is -6.52. The second kappa shape index (κ2) is 11.9. The molecule has 0 saturated heterocycles. The van der Waals surface area contributed by atoms with Gasteiger partial charge in [-0.05, 0) is 46.5 Å². The Bertz CT molecular complexity index is 2600. The summed E-state index contributed by atoms with van der Waals surface area (Å²) in [5.41, 5.74) is 11.7. The molecular weight excluding hydrogens is 599 g/mol. The van der Waals surface area contributed by atoms with E-state index in [1.165, 1.54) is 11.1 Å². The Morgan fingerprint density at radius 1 is 0.571 bits per heavy atom. The van der Waals surface area contributed by atoms with Crippen LogP contribution >= 0.6 is 0 Å². The molecule has 1 aliphatic heterocycles. The summed E-state index contributed by atoms with van der Waals surface area (Å²) in [6.07, 6.45) is 8.26. The van der Waals surface area contributed by atoms with Gasteiger partial charge in [-0.3, -0.25) is 0 Å². The molecule has 232 valence electrons. The van der Waals surface area contributed by atoms with E-state index in [2.05, 4.69) is 127 Å². The third kappa shape index (κ3) is 5.02. The standard InChI is InChI=1S/C45H31N3O/c1-30-15-5-4-12-28-48(45-46-39-25-11-10-22-38(39)42(47-45)32-18-8-3-9-19-32)40-27-26-37-36-24-14-23-35(43(36)49-44(37)41(30)40)34-21-13-20-33(29-34)31-16-6-2-7-17-31/h2-27,29H,1,28H2/b12-4-,15-5-. The zero-order valence-corrected chi connectivity index (χ0v) is 26.8. The lowest BCUT2D eigenvalue weighted by Crippen LogP contribution is -2.21. The SMILES string of the molecule is C=C1/C=C\C=C/CN(c2nc(-c3ccccc3)c3ccccc3n2)c2ccc3c(oc4c(-c5cccc(-c6ccccc6)c5)cccc43)c21. The van der Waals surface area contributed by atoms with Gasteiger partial charge in [0.1, 0.15) is 11.2 Å². The van der Waals surface area contributed by atoms with E-state index in [1.54, 1.807) is 0 Å². The van der Waals surface area contributed by atoms with Crippen molar-refractivity contribution in [1.29, 1.82) is 0 Å². The number of hydrogen-bond donors (Lipinski definition) is 0. The number of allylic oxidation sites excluding steroid dienone is 4. The molecule has 0 unspecified atom stereocenters. The van der Waals surface area contributed by atoms with Crippen molar-refractivity contribution in [2.75, 3.05) is 11.4 Å². The van der Waals surface area contributed by atoms with Crippen molar-refractivity contribution in [1.82, 2.24) is 9.97 Å². The highest BCUT2D eigenvalue weighted by Gasteiger charge is 2.24. The number of furan rings is 1. The van der Waals surface area contributed by atoms with Crippen molar-refractivity contribution < 1.29 is 4.42 Å². The Kier molecular flexibility index (Phi) is 6.98. The Morgan fingerprint density at radius 2 is 1.27 bits per heavy atom. The molecule has 0 bridgehead atoms. The van der Waals surface area contributed by atoms with Gasteiger partial charge in [-0.1, -0.05) is 146 Å². The lowest BCUT2D eigenvalue weighted by molar-refractivity contribution is 0.668. The van der Waals surface area contributed by atoms with Gasteiger partial charge in [-0.2, -0.15) is 0 Å². The molecule has 0 radical (unpaired) electrons. The normalized spacial score (nSPS) is 14.4. The third-order valence-corrected chi connectivity index (χ3v) is 9.25. The van der Waals surface area contributed by atoms with Gasteiger partial charge in [-0.15, -0.1) is 0 Å². The molecule has 1 aliphatic rings. The van der Waals surface area contributed by atoms with Crippen LogP contribution in [0.5, 0.6) is 0 Å². The van der Waals surface area contributed by atoms with Crippen molar-refractivity contribution in [3.05, 3.63) is 176 Å². The number of benzene rings is 6. The van der Waals surface area contributed by atoms with Crippen molar-refractivity contribution in [2.24, 2.45) is 0 Å². The minimum atomic E-state index is 0.570. The smallest absolute Gasteiger partial charge is 0.231 e. The first-order valence-electron chi connectivity index (χ1n) is 16.5. The minimum Gasteiger partial charge on any atom is -0.455 e. The second-order valence-electron chi connectivity index (χ2n) is 12.2. The summed E-state index contributed by atoms with van der Waals surface area (Å²) in [4.78, 5) is 12.5. The number of aromatic nitrogens is 2. The lowest BCUT2D eigenvalue weighted by Gasteiger charge is -2.25. The maximum atomic E-state index is 6.95. The number of nitrogens with zero attached hydrogens (tertiary/aromatic N) is 3. The Labute approximate surface area is 284 Å². The van der Waals surface area contributed by atoms with Crippen molar-refractivity contribution >= 4 is 50.1 Å². The highest BCUT2D eigenvalue weighted by Crippen LogP contribution is 2.44. The van der Waals surface area contributed by atoms with Gasteiger partial charge in [0.25, 0.3) is 0 Å². The topological polar surface area (TPSA) is 42.2 Å². The molecule has 0 aliphatic carbocycles. The van der Waals surface area contributed by atoms with Crippen LogP contribution in [0.3, 0.4) is 0 Å². The lowest BCUT2D eigenvalue weighted by atomic mass is 9.97. The summed E-state index contributed by atoms with van der Waals surface area (Å²) in [6, 6.07) is 48.4. The van der Waals surface area contributed by atoms with Crippen LogP contribution in [0.2, 0.25) is 0 Å². The predicted octanol–water partition coefficient (Wildman–Crippen LogP) is 11.8. The van der Waals surface area contributed by atoms with Crippen molar-refractivity contribution in [3.63, 3.8) is 0 Å². The summed E-state index contributed by atoms with van der Waals surface area (Å²) in [7, 11) is 0. The second-order valence-corrected chi connectivity index (χ2v) is 12.2. The predicted molar refractivity (Wildman–Crippen MR) is 204 cm³/mol. The third-order valence-electron chi connectivity index (χ3n) is 9.25. The van der Waals surface area contributed by atoms with Crippen LogP contribution in [0.1, 0.15) is 5.56 Å². The number of rotatable bonds is 4. The van der Waals surface area contributed by atoms with Gasteiger partial charge in [-0.25, -0.2) is 9.97 Å². The number of para-hydroxylation sites is 2. The van der Waals surface area contributed by atoms with Gasteiger partial charge >= 0.3 is 0 Å². The maximum Gasteiger partial charge on any atom is 0.231 e. The fourth-order valence-corrected chi connectivity index (χ4v) is 6.90. The van der Waals surface area contributed by atoms with E-state index in [0.29, 0.717) is 12.5 Å². The van der Waals surface area contributed by atoms with Gasteiger partial charge in [0.2, 0.25) is 5.95 Å². The first-order chi connectivity index (χ1) is 24.2. The number of hydrogen-bond acceptors (Lipinski definition) is 4. The summed E-state index contributed by atoms with van der Waals surface area (Å²) in [5, 5.41) is 3.12. The monoisotopic (exact) mass is 629 g/mol. The molecule has 9 rings (SSSR count). The molecule has 0 fully saturated rings. The molecular formula is C45H31N3O. The van der Waals surface area contributed by atoms with Crippen molar-refractivity contribution in [3.8, 4) is 33.5 Å². The van der Waals surface area contributed by atoms with E-state index < -0.39 is 0 Å². The molecule has 4 heteroatoms. The average Bonchev–Trinajstić information content (AvgIpc) is 3.58. The molecule has 49 heavy (non-hydrogen) atoms. The van der Waals surface area contributed by atoms with Gasteiger partial charge in [0.05, 0.1) is 16.9 Å². The number of anilines is 2. The fourth-order valence-electron chi connectivity index (χ4n) is 6.90. The molecule has 8 aromatic rings. The highest BCUT2D eigenvalue weighted by atomic mass is 16.3. The minimum absolute atomic E-state index is 0.570. The van der Waals surface area contributed by atoms with E-state index >= 15 is 0 Å². The molecule has 0 saturated carbocycles. The molecule has 6 aromatic carbocycles. The molecule has 0 amide bonds. The van der Waals surface area contributed by atoms with Crippen LogP contribution in [-0.2, 0) is 0 Å². The summed E-state index contributed by atoms with van der Waals surface area (Å²) in [6.45, 7) is 5.11. The van der Waals surface area contributed by atoms with Gasteiger partial charge in [0, 0.05) is 39.4 Å². The van der Waals surface area contributed by atoms with E-state index in [9.17, 15) is 0 Å². The van der Waals surface area contributed by atoms with Crippen LogP contribution in [0.15, 0.2) is 175 Å². The maximum absolute atomic E-state index is 6.95. The first-order valence-corrected chi connectivity index (χ1v) is 16.5. The van der Waals surface area contributed by atoms with E-state index in [-0.39, 0.29) is 0 Å². The quantitative estimate of drug-likeness (QED) is 0.194. The molecule has 0 spiro atoms. The Morgan fingerprint density at radius 3 is 2.12 bits per heavy atom. The van der Waals surface area contributed by atoms with E-state index in [0.717, 1.165) is 72.0 Å².